The van der Waals surface area contributed by atoms with Gasteiger partial charge in [-0.1, -0.05) is 60.1 Å². The lowest BCUT2D eigenvalue weighted by atomic mass is 10.0. The Balaban J connectivity index is 1.57. The van der Waals surface area contributed by atoms with Crippen LogP contribution in [0.15, 0.2) is 84.9 Å². The number of hydrogen-bond acceptors (Lipinski definition) is 3. The summed E-state index contributed by atoms with van der Waals surface area (Å²) in [7, 11) is 0. The van der Waals surface area contributed by atoms with Crippen LogP contribution in [0.3, 0.4) is 0 Å². The van der Waals surface area contributed by atoms with E-state index in [4.69, 9.17) is 16.3 Å². The van der Waals surface area contributed by atoms with E-state index in [2.05, 4.69) is 10.6 Å². The van der Waals surface area contributed by atoms with Crippen LogP contribution in [0, 0.1) is 0 Å². The topological polar surface area (TPSA) is 67.4 Å². The lowest BCUT2D eigenvalue weighted by Gasteiger charge is -2.19. The molecule has 0 spiro atoms. The van der Waals surface area contributed by atoms with Crippen molar-refractivity contribution in [3.05, 3.63) is 101 Å². The van der Waals surface area contributed by atoms with Gasteiger partial charge < -0.3 is 15.4 Å². The molecule has 0 aliphatic heterocycles. The van der Waals surface area contributed by atoms with E-state index < -0.39 is 6.04 Å². The van der Waals surface area contributed by atoms with Crippen LogP contribution in [0.4, 0.5) is 0 Å². The van der Waals surface area contributed by atoms with Crippen molar-refractivity contribution in [3.8, 4) is 5.75 Å². The van der Waals surface area contributed by atoms with Gasteiger partial charge in [0.1, 0.15) is 18.4 Å². The third kappa shape index (κ3) is 6.64. The predicted octanol–water partition coefficient (Wildman–Crippen LogP) is 3.88. The van der Waals surface area contributed by atoms with Crippen LogP contribution in [-0.2, 0) is 11.2 Å². The molecule has 154 valence electrons. The number of halogens is 1. The van der Waals surface area contributed by atoms with Crippen molar-refractivity contribution in [2.24, 2.45) is 0 Å². The van der Waals surface area contributed by atoms with Crippen molar-refractivity contribution in [2.45, 2.75) is 12.5 Å². The molecule has 30 heavy (non-hydrogen) atoms. The second-order valence-electron chi connectivity index (χ2n) is 6.68. The Morgan fingerprint density at radius 2 is 1.50 bits per heavy atom. The molecule has 0 heterocycles. The highest BCUT2D eigenvalue weighted by molar-refractivity contribution is 6.30. The molecule has 2 N–H and O–H groups in total. The highest BCUT2D eigenvalue weighted by atomic mass is 35.5. The van der Waals surface area contributed by atoms with Gasteiger partial charge in [-0.15, -0.1) is 0 Å². The van der Waals surface area contributed by atoms with Gasteiger partial charge in [0.05, 0.1) is 6.54 Å². The minimum atomic E-state index is -0.698. The molecule has 1 atom stereocenters. The maximum absolute atomic E-state index is 12.8. The summed E-state index contributed by atoms with van der Waals surface area (Å²) in [6.45, 7) is 0.617. The van der Waals surface area contributed by atoms with Gasteiger partial charge in [0.25, 0.3) is 5.91 Å². The molecule has 3 rings (SSSR count). The van der Waals surface area contributed by atoms with Crippen molar-refractivity contribution in [1.82, 2.24) is 10.6 Å². The number of benzene rings is 3. The Hall–Kier alpha value is -3.31. The summed E-state index contributed by atoms with van der Waals surface area (Å²) in [4.78, 5) is 25.3. The Bertz CT molecular complexity index is 947. The van der Waals surface area contributed by atoms with E-state index in [9.17, 15) is 9.59 Å². The second kappa shape index (κ2) is 11.0. The number of carbonyl (C=O) groups excluding carboxylic acids is 2. The van der Waals surface area contributed by atoms with E-state index >= 15 is 0 Å². The number of carbonyl (C=O) groups is 2. The third-order valence-corrected chi connectivity index (χ3v) is 4.68. The van der Waals surface area contributed by atoms with Gasteiger partial charge >= 0.3 is 0 Å². The van der Waals surface area contributed by atoms with E-state index in [-0.39, 0.29) is 11.8 Å². The van der Waals surface area contributed by atoms with Crippen LogP contribution in [0.1, 0.15) is 15.9 Å². The molecule has 0 bridgehead atoms. The van der Waals surface area contributed by atoms with E-state index in [1.807, 2.05) is 36.4 Å². The van der Waals surface area contributed by atoms with Gasteiger partial charge in [-0.3, -0.25) is 9.59 Å². The Morgan fingerprint density at radius 3 is 2.17 bits per heavy atom. The summed E-state index contributed by atoms with van der Waals surface area (Å²) in [6, 6.07) is 24.7. The summed E-state index contributed by atoms with van der Waals surface area (Å²) in [6.07, 6.45) is 0.392. The maximum Gasteiger partial charge on any atom is 0.251 e. The fraction of sp³-hybridized carbons (Fsp3) is 0.167. The summed E-state index contributed by atoms with van der Waals surface area (Å²) in [5.74, 6) is 0.124. The first-order chi connectivity index (χ1) is 14.6. The summed E-state index contributed by atoms with van der Waals surface area (Å²) < 4.78 is 5.60. The predicted molar refractivity (Wildman–Crippen MR) is 118 cm³/mol. The highest BCUT2D eigenvalue weighted by Gasteiger charge is 2.21. The van der Waals surface area contributed by atoms with Gasteiger partial charge in [-0.2, -0.15) is 0 Å². The molecule has 0 unspecified atom stereocenters. The van der Waals surface area contributed by atoms with Crippen LogP contribution in [0.2, 0.25) is 5.02 Å². The number of amides is 2. The van der Waals surface area contributed by atoms with E-state index in [1.165, 1.54) is 0 Å². The van der Waals surface area contributed by atoms with Gasteiger partial charge in [0, 0.05) is 17.0 Å². The number of hydrogen-bond donors (Lipinski definition) is 2. The monoisotopic (exact) mass is 422 g/mol. The van der Waals surface area contributed by atoms with Crippen molar-refractivity contribution in [1.29, 1.82) is 0 Å². The first-order valence-electron chi connectivity index (χ1n) is 9.68. The quantitative estimate of drug-likeness (QED) is 0.514. The van der Waals surface area contributed by atoms with Gasteiger partial charge in [-0.05, 0) is 42.0 Å². The van der Waals surface area contributed by atoms with Gasteiger partial charge in [0.15, 0.2) is 0 Å². The van der Waals surface area contributed by atoms with Gasteiger partial charge in [-0.25, -0.2) is 0 Å². The molecule has 3 aromatic carbocycles. The minimum Gasteiger partial charge on any atom is -0.492 e. The molecule has 0 aliphatic rings. The summed E-state index contributed by atoms with van der Waals surface area (Å²) in [5.41, 5.74) is 1.47. The largest absolute Gasteiger partial charge is 0.492 e. The fourth-order valence-electron chi connectivity index (χ4n) is 2.89. The van der Waals surface area contributed by atoms with Crippen molar-refractivity contribution in [2.75, 3.05) is 13.2 Å². The van der Waals surface area contributed by atoms with E-state index in [1.54, 1.807) is 48.5 Å². The Morgan fingerprint density at radius 1 is 0.867 bits per heavy atom. The molecule has 2 amide bonds. The van der Waals surface area contributed by atoms with Crippen LogP contribution < -0.4 is 15.4 Å². The first-order valence-corrected chi connectivity index (χ1v) is 10.1. The van der Waals surface area contributed by atoms with Gasteiger partial charge in [0.2, 0.25) is 5.91 Å². The standard InChI is InChI=1S/C24H23ClN2O3/c25-20-11-13-21(14-12-20)30-16-15-26-24(29)22(17-18-7-3-1-4-8-18)27-23(28)19-9-5-2-6-10-19/h1-14,22H,15-17H2,(H,26,29)(H,27,28)/t22-/m0/s1. The van der Waals surface area contributed by atoms with Crippen molar-refractivity contribution >= 4 is 23.4 Å². The first kappa shape index (κ1) is 21.4. The molecule has 0 aromatic heterocycles. The SMILES string of the molecule is O=C(N[C@@H](Cc1ccccc1)C(=O)NCCOc1ccc(Cl)cc1)c1ccccc1. The average molecular weight is 423 g/mol. The Labute approximate surface area is 181 Å². The van der Waals surface area contributed by atoms with E-state index in [0.29, 0.717) is 35.9 Å². The van der Waals surface area contributed by atoms with Crippen molar-refractivity contribution < 1.29 is 14.3 Å². The molecule has 0 saturated carbocycles. The molecule has 3 aromatic rings. The minimum absolute atomic E-state index is 0.261. The van der Waals surface area contributed by atoms with E-state index in [0.717, 1.165) is 5.56 Å². The highest BCUT2D eigenvalue weighted by Crippen LogP contribution is 2.15. The molecule has 0 fully saturated rings. The van der Waals surface area contributed by atoms with Crippen molar-refractivity contribution in [3.63, 3.8) is 0 Å². The lowest BCUT2D eigenvalue weighted by molar-refractivity contribution is -0.123. The molecular formula is C24H23ClN2O3. The van der Waals surface area contributed by atoms with Crippen LogP contribution in [-0.4, -0.2) is 31.0 Å². The Kier molecular flexibility index (Phi) is 7.86. The zero-order chi connectivity index (χ0) is 21.2. The number of nitrogens with one attached hydrogen (secondary N) is 2. The van der Waals surface area contributed by atoms with Crippen LogP contribution >= 0.6 is 11.6 Å². The molecule has 0 radical (unpaired) electrons. The lowest BCUT2D eigenvalue weighted by Crippen LogP contribution is -2.48. The molecule has 0 saturated heterocycles. The normalized spacial score (nSPS) is 11.4. The summed E-state index contributed by atoms with van der Waals surface area (Å²) >= 11 is 5.85. The average Bonchev–Trinajstić information content (AvgIpc) is 2.78. The zero-order valence-corrected chi connectivity index (χ0v) is 17.1. The third-order valence-electron chi connectivity index (χ3n) is 4.42. The molecule has 5 nitrogen and oxygen atoms in total. The molecule has 6 heteroatoms. The van der Waals surface area contributed by atoms with Crippen LogP contribution in [0.25, 0.3) is 0 Å². The number of rotatable bonds is 9. The number of ether oxygens (including phenoxy) is 1. The molecule has 0 aliphatic carbocycles. The fourth-order valence-corrected chi connectivity index (χ4v) is 3.01. The smallest absolute Gasteiger partial charge is 0.251 e. The van der Waals surface area contributed by atoms with Crippen LogP contribution in [0.5, 0.6) is 5.75 Å². The molecular weight excluding hydrogens is 400 g/mol. The zero-order valence-electron chi connectivity index (χ0n) is 16.4. The maximum atomic E-state index is 12.8. The summed E-state index contributed by atoms with van der Waals surface area (Å²) in [5, 5.41) is 6.31. The second-order valence-corrected chi connectivity index (χ2v) is 7.11.